The van der Waals surface area contributed by atoms with Crippen LogP contribution in [0.4, 0.5) is 5.69 Å². The van der Waals surface area contributed by atoms with Gasteiger partial charge in [-0.1, -0.05) is 0 Å². The van der Waals surface area contributed by atoms with Crippen molar-refractivity contribution in [3.05, 3.63) is 34.1 Å². The first-order valence-corrected chi connectivity index (χ1v) is 12.4. The van der Waals surface area contributed by atoms with Crippen LogP contribution in [0.25, 0.3) is 0 Å². The van der Waals surface area contributed by atoms with Crippen LogP contribution in [0, 0.1) is 17.8 Å². The molecule has 0 bridgehead atoms. The van der Waals surface area contributed by atoms with Crippen LogP contribution >= 0.6 is 0 Å². The highest BCUT2D eigenvalue weighted by Crippen LogP contribution is 2.52. The van der Waals surface area contributed by atoms with Crippen molar-refractivity contribution in [1.82, 2.24) is 10.2 Å². The number of aliphatic hydroxyl groups is 3. The number of anilines is 1. The number of fused-ring (bicyclic) bond motifs is 3. The van der Waals surface area contributed by atoms with Gasteiger partial charge in [-0.05, 0) is 50.9 Å². The van der Waals surface area contributed by atoms with Gasteiger partial charge in [0.25, 0.3) is 0 Å². The summed E-state index contributed by atoms with van der Waals surface area (Å²) >= 11 is 0. The Labute approximate surface area is 219 Å². The molecule has 12 heteroatoms. The fourth-order valence-corrected chi connectivity index (χ4v) is 6.10. The minimum absolute atomic E-state index is 0.0585. The number of hydrogen-bond acceptors (Lipinski definition) is 10. The SMILES string of the molecule is CN(C)CC(=O)NCc1cc(N(C)C)c2c(c1O)C(=O)C1=C(O)[C@]3(O)C(=O)C(C(N)=O)C(O)C[C@@H]3C[C@@H]1C2. The molecule has 12 nitrogen and oxygen atoms in total. The number of hydrogen-bond donors (Lipinski definition) is 6. The van der Waals surface area contributed by atoms with Crippen LogP contribution < -0.4 is 16.0 Å². The number of phenols is 1. The molecule has 0 heterocycles. The van der Waals surface area contributed by atoms with E-state index in [1.54, 1.807) is 44.1 Å². The molecule has 0 aromatic heterocycles. The molecule has 4 rings (SSSR count). The molecule has 2 amide bonds. The van der Waals surface area contributed by atoms with Crippen molar-refractivity contribution in [2.75, 3.05) is 39.6 Å². The number of phenolic OH excluding ortho intramolecular Hbond substituents is 1. The van der Waals surface area contributed by atoms with Crippen LogP contribution in [0.15, 0.2) is 17.4 Å². The number of nitrogens with zero attached hydrogens (tertiary/aromatic N) is 2. The van der Waals surface area contributed by atoms with E-state index in [-0.39, 0.29) is 60.7 Å². The lowest BCUT2D eigenvalue weighted by Crippen LogP contribution is -2.63. The quantitative estimate of drug-likeness (QED) is 0.248. The number of nitrogens with one attached hydrogen (secondary N) is 1. The molecule has 0 radical (unpaired) electrons. The van der Waals surface area contributed by atoms with Gasteiger partial charge in [0.15, 0.2) is 17.2 Å². The number of Topliss-reactive ketones (excluding diaryl/α,β-unsaturated/α-hetero) is 2. The largest absolute Gasteiger partial charge is 0.508 e. The summed E-state index contributed by atoms with van der Waals surface area (Å²) in [5.74, 6) is -7.82. The minimum Gasteiger partial charge on any atom is -0.508 e. The minimum atomic E-state index is -2.56. The number of primary amides is 1. The van der Waals surface area contributed by atoms with Gasteiger partial charge in [0.1, 0.15) is 17.4 Å². The van der Waals surface area contributed by atoms with E-state index in [9.17, 15) is 39.6 Å². The maximum Gasteiger partial charge on any atom is 0.234 e. The van der Waals surface area contributed by atoms with E-state index in [0.29, 0.717) is 11.3 Å². The first-order valence-electron chi connectivity index (χ1n) is 12.4. The van der Waals surface area contributed by atoms with E-state index >= 15 is 0 Å². The van der Waals surface area contributed by atoms with Crippen molar-refractivity contribution >= 4 is 29.1 Å². The van der Waals surface area contributed by atoms with Gasteiger partial charge in [-0.3, -0.25) is 19.2 Å². The summed E-state index contributed by atoms with van der Waals surface area (Å²) in [7, 11) is 7.02. The third-order valence-electron chi connectivity index (χ3n) is 7.86. The van der Waals surface area contributed by atoms with Gasteiger partial charge in [-0.2, -0.15) is 0 Å². The van der Waals surface area contributed by atoms with Crippen LogP contribution in [-0.4, -0.2) is 95.1 Å². The predicted octanol–water partition coefficient (Wildman–Crippen LogP) is -1.01. The van der Waals surface area contributed by atoms with E-state index < -0.39 is 52.7 Å². The number of aromatic hydroxyl groups is 1. The highest BCUT2D eigenvalue weighted by Gasteiger charge is 2.62. The molecule has 3 aliphatic rings. The summed E-state index contributed by atoms with van der Waals surface area (Å²) in [6.07, 6.45) is -1.28. The monoisotopic (exact) mass is 530 g/mol. The van der Waals surface area contributed by atoms with Crippen LogP contribution in [0.1, 0.15) is 34.3 Å². The molecule has 1 saturated carbocycles. The third kappa shape index (κ3) is 4.22. The Bertz CT molecular complexity index is 1260. The lowest BCUT2D eigenvalue weighted by atomic mass is 9.57. The number of nitrogens with two attached hydrogens (primary N) is 1. The second-order valence-corrected chi connectivity index (χ2v) is 10.9. The highest BCUT2D eigenvalue weighted by atomic mass is 16.3. The Morgan fingerprint density at radius 2 is 1.82 bits per heavy atom. The van der Waals surface area contributed by atoms with Gasteiger partial charge in [0, 0.05) is 43.4 Å². The van der Waals surface area contributed by atoms with Gasteiger partial charge < -0.3 is 41.3 Å². The van der Waals surface area contributed by atoms with Crippen molar-refractivity contribution in [3.63, 3.8) is 0 Å². The van der Waals surface area contributed by atoms with Crippen molar-refractivity contribution in [3.8, 4) is 5.75 Å². The number of allylic oxidation sites excluding steroid dienone is 1. The smallest absolute Gasteiger partial charge is 0.234 e. The normalized spacial score (nSPS) is 28.5. The third-order valence-corrected chi connectivity index (χ3v) is 7.86. The summed E-state index contributed by atoms with van der Waals surface area (Å²) < 4.78 is 0. The van der Waals surface area contributed by atoms with E-state index in [1.807, 2.05) is 0 Å². The first-order chi connectivity index (χ1) is 17.7. The van der Waals surface area contributed by atoms with Crippen molar-refractivity contribution < 1.29 is 39.6 Å². The number of amides is 2. The lowest BCUT2D eigenvalue weighted by molar-refractivity contribution is -0.167. The molecule has 0 aliphatic heterocycles. The van der Waals surface area contributed by atoms with E-state index in [4.69, 9.17) is 5.73 Å². The van der Waals surface area contributed by atoms with Crippen molar-refractivity contribution in [2.45, 2.75) is 37.5 Å². The Morgan fingerprint density at radius 3 is 2.39 bits per heavy atom. The zero-order chi connectivity index (χ0) is 28.3. The number of carbonyl (C=O) groups excluding carboxylic acids is 4. The van der Waals surface area contributed by atoms with E-state index in [1.165, 1.54) is 0 Å². The Balaban J connectivity index is 1.81. The summed E-state index contributed by atoms with van der Waals surface area (Å²) in [6.45, 7) is 0.0689. The highest BCUT2D eigenvalue weighted by molar-refractivity contribution is 6.16. The van der Waals surface area contributed by atoms with Gasteiger partial charge in [0.2, 0.25) is 11.8 Å². The van der Waals surface area contributed by atoms with Crippen LogP contribution in [0.5, 0.6) is 5.75 Å². The first kappa shape index (κ1) is 27.6. The molecular weight excluding hydrogens is 496 g/mol. The van der Waals surface area contributed by atoms with E-state index in [2.05, 4.69) is 5.32 Å². The number of likely N-dealkylation sites (N-methyl/N-ethyl adjacent to an activating group) is 1. The van der Waals surface area contributed by atoms with Crippen molar-refractivity contribution in [2.24, 2.45) is 23.5 Å². The van der Waals surface area contributed by atoms with Crippen LogP contribution in [-0.2, 0) is 27.3 Å². The lowest BCUT2D eigenvalue weighted by Gasteiger charge is -2.48. The molecular formula is C26H34N4O8. The molecule has 1 aromatic carbocycles. The number of rotatable bonds is 6. The van der Waals surface area contributed by atoms with E-state index in [0.717, 1.165) is 0 Å². The Kier molecular flexibility index (Phi) is 7.02. The molecule has 5 atom stereocenters. The van der Waals surface area contributed by atoms with Gasteiger partial charge >= 0.3 is 0 Å². The predicted molar refractivity (Wildman–Crippen MR) is 135 cm³/mol. The van der Waals surface area contributed by atoms with Crippen molar-refractivity contribution in [1.29, 1.82) is 0 Å². The molecule has 1 fully saturated rings. The van der Waals surface area contributed by atoms with Gasteiger partial charge in [-0.25, -0.2) is 0 Å². The molecule has 206 valence electrons. The zero-order valence-corrected chi connectivity index (χ0v) is 21.8. The Hall–Kier alpha value is -3.48. The van der Waals surface area contributed by atoms with Crippen LogP contribution in [0.2, 0.25) is 0 Å². The molecule has 2 unspecified atom stereocenters. The average molecular weight is 531 g/mol. The number of carbonyl (C=O) groups is 4. The number of ketones is 2. The summed E-state index contributed by atoms with van der Waals surface area (Å²) in [5.41, 5.74) is 3.89. The fraction of sp³-hybridized carbons (Fsp3) is 0.538. The Morgan fingerprint density at radius 1 is 1.16 bits per heavy atom. The second kappa shape index (κ2) is 9.68. The summed E-state index contributed by atoms with van der Waals surface area (Å²) in [4.78, 5) is 54.5. The summed E-state index contributed by atoms with van der Waals surface area (Å²) in [6, 6.07) is 1.69. The second-order valence-electron chi connectivity index (χ2n) is 10.9. The zero-order valence-electron chi connectivity index (χ0n) is 21.8. The molecule has 3 aliphatic carbocycles. The van der Waals surface area contributed by atoms with Gasteiger partial charge in [0.05, 0.1) is 18.2 Å². The molecule has 1 aromatic rings. The molecule has 0 saturated heterocycles. The average Bonchev–Trinajstić information content (AvgIpc) is 2.80. The maximum atomic E-state index is 13.8. The van der Waals surface area contributed by atoms with Crippen LogP contribution in [0.3, 0.4) is 0 Å². The topological polar surface area (TPSA) is 194 Å². The standard InChI is InChI=1S/C26H34N4O8/c1-29(2)10-17(32)28-9-12-7-15(30(3)4)14-6-11-5-13-8-16(31)20(25(27)37)24(36)26(13,38)23(35)18(11)22(34)19(14)21(12)33/h7,11,13,16,20,31,33,35,38H,5-6,8-10H2,1-4H3,(H2,27,37)(H,28,32)/t11-,13+,16?,20?,26+/m1/s1. The maximum absolute atomic E-state index is 13.8. The molecule has 38 heavy (non-hydrogen) atoms. The molecule has 7 N–H and O–H groups in total. The summed E-state index contributed by atoms with van der Waals surface area (Å²) in [5, 5.41) is 46.9. The molecule has 0 spiro atoms. The van der Waals surface area contributed by atoms with Gasteiger partial charge in [-0.15, -0.1) is 0 Å². The number of benzene rings is 1. The fourth-order valence-electron chi connectivity index (χ4n) is 6.10. The number of aliphatic hydroxyl groups excluding tert-OH is 2.